The van der Waals surface area contributed by atoms with Gasteiger partial charge in [0.25, 0.3) is 0 Å². The van der Waals surface area contributed by atoms with Crippen molar-refractivity contribution < 1.29 is 9.22 Å². The van der Waals surface area contributed by atoms with Crippen molar-refractivity contribution in [3.8, 4) is 0 Å². The number of carbonyl (C=O) groups excluding carboxylic acids is 1. The van der Waals surface area contributed by atoms with Gasteiger partial charge in [-0.15, -0.1) is 0 Å². The van der Waals surface area contributed by atoms with Crippen LogP contribution in [0.25, 0.3) is 0 Å². The van der Waals surface area contributed by atoms with Gasteiger partial charge in [-0.05, 0) is 0 Å². The number of hydrogen-bond acceptors (Lipinski definition) is 2. The molecule has 0 N–H and O–H groups in total. The van der Waals surface area contributed by atoms with Crippen LogP contribution >= 0.6 is 0 Å². The first-order chi connectivity index (χ1) is 10.6. The van der Waals surface area contributed by atoms with E-state index < -0.39 is 8.32 Å². The maximum absolute atomic E-state index is 12.7. The van der Waals surface area contributed by atoms with Crippen LogP contribution in [0.4, 0.5) is 0 Å². The van der Waals surface area contributed by atoms with E-state index in [9.17, 15) is 4.79 Å². The average Bonchev–Trinajstić information content (AvgIpc) is 2.40. The first-order valence-corrected chi connectivity index (χ1v) is 13.6. The van der Waals surface area contributed by atoms with E-state index >= 15 is 0 Å². The van der Waals surface area contributed by atoms with Crippen LogP contribution < -0.4 is 0 Å². The Morgan fingerprint density at radius 3 is 2.70 bits per heavy atom. The van der Waals surface area contributed by atoms with Crippen LogP contribution in [-0.2, 0) is 9.22 Å². The van der Waals surface area contributed by atoms with E-state index in [4.69, 9.17) is 4.43 Å². The van der Waals surface area contributed by atoms with Gasteiger partial charge in [0.05, 0.1) is 0 Å². The van der Waals surface area contributed by atoms with Gasteiger partial charge in [0.1, 0.15) is 0 Å². The number of rotatable bonds is 4. The molecule has 130 valence electrons. The maximum atomic E-state index is 12.7. The summed E-state index contributed by atoms with van der Waals surface area (Å²) >= 11 is 0.479. The second kappa shape index (κ2) is 6.87. The molecule has 0 bridgehead atoms. The van der Waals surface area contributed by atoms with Crippen molar-refractivity contribution in [2.45, 2.75) is 68.6 Å². The monoisotopic (exact) mass is 401 g/mol. The first-order valence-electron chi connectivity index (χ1n) is 8.50. The van der Waals surface area contributed by atoms with Gasteiger partial charge in [-0.25, -0.2) is 0 Å². The third kappa shape index (κ3) is 3.84. The summed E-state index contributed by atoms with van der Waals surface area (Å²) in [6, 6.07) is 0. The Labute approximate surface area is 148 Å². The number of β-lactam (4-membered cyclic amide) rings is 1. The van der Waals surface area contributed by atoms with Crippen LogP contribution in [0.2, 0.25) is 23.5 Å². The van der Waals surface area contributed by atoms with Crippen LogP contribution in [0.3, 0.4) is 0 Å². The van der Waals surface area contributed by atoms with Crippen LogP contribution in [0.15, 0.2) is 24.3 Å². The normalized spacial score (nSPS) is 29.6. The van der Waals surface area contributed by atoms with Gasteiger partial charge in [-0.2, -0.15) is 0 Å². The molecular formula is C18H31NO2SeSi. The molecule has 0 radical (unpaired) electrons. The van der Waals surface area contributed by atoms with Crippen LogP contribution in [-0.4, -0.2) is 51.7 Å². The predicted molar refractivity (Wildman–Crippen MR) is 100 cm³/mol. The first kappa shape index (κ1) is 19.0. The fourth-order valence-corrected chi connectivity index (χ4v) is 7.27. The van der Waals surface area contributed by atoms with E-state index in [1.165, 1.54) is 10.9 Å². The summed E-state index contributed by atoms with van der Waals surface area (Å²) < 4.78 is 6.52. The molecule has 2 aliphatic heterocycles. The number of nitrogens with zero attached hydrogens (tertiary/aromatic N) is 1. The number of carbonyl (C=O) groups is 1. The molecule has 0 unspecified atom stereocenters. The molecule has 1 fully saturated rings. The molecular weight excluding hydrogens is 369 g/mol. The van der Waals surface area contributed by atoms with Crippen molar-refractivity contribution in [1.29, 1.82) is 0 Å². The molecule has 0 aromatic rings. The Hall–Kier alpha value is -0.354. The molecule has 1 amide bonds. The molecule has 2 heterocycles. The van der Waals surface area contributed by atoms with Gasteiger partial charge < -0.3 is 0 Å². The zero-order valence-corrected chi connectivity index (χ0v) is 18.1. The molecule has 3 atom stereocenters. The van der Waals surface area contributed by atoms with E-state index in [1.807, 2.05) is 6.08 Å². The molecule has 0 aliphatic carbocycles. The van der Waals surface area contributed by atoms with Crippen molar-refractivity contribution in [1.82, 2.24) is 4.90 Å². The summed E-state index contributed by atoms with van der Waals surface area (Å²) in [6.07, 6.45) is 5.28. The second-order valence-corrected chi connectivity index (χ2v) is 15.4. The summed E-state index contributed by atoms with van der Waals surface area (Å²) in [5, 5.41) is 1.38. The Bertz CT molecular complexity index is 510. The van der Waals surface area contributed by atoms with E-state index in [0.29, 0.717) is 19.9 Å². The number of amides is 1. The molecule has 23 heavy (non-hydrogen) atoms. The zero-order chi connectivity index (χ0) is 17.4. The molecule has 3 nitrogen and oxygen atoms in total. The number of hydrogen-bond donors (Lipinski definition) is 0. The Kier molecular flexibility index (Phi) is 5.67. The third-order valence-corrected chi connectivity index (χ3v) is 12.8. The standard InChI is InChI=1S/C18H31NO2SeSi/c1-8-14-10-9-11-22-17-15(16(20)19(17)12-14)13(2)21-23(6,7)18(3,4)5/h8,10,13,15,17H,1,9,11-12H2,2-7H3/b14-10-/t13-,15+,17-/m1/s1. The molecule has 2 aliphatic rings. The van der Waals surface area contributed by atoms with Crippen molar-refractivity contribution in [3.63, 3.8) is 0 Å². The van der Waals surface area contributed by atoms with Crippen molar-refractivity contribution >= 4 is 29.2 Å². The molecule has 5 heteroatoms. The second-order valence-electron chi connectivity index (χ2n) is 8.11. The third-order valence-electron chi connectivity index (χ3n) is 5.40. The number of fused-ring (bicyclic) bond motifs is 1. The van der Waals surface area contributed by atoms with Crippen molar-refractivity contribution in [3.05, 3.63) is 24.3 Å². The van der Waals surface area contributed by atoms with E-state index in [2.05, 4.69) is 58.3 Å². The summed E-state index contributed by atoms with van der Waals surface area (Å²) in [7, 11) is -1.83. The Morgan fingerprint density at radius 2 is 2.13 bits per heavy atom. The molecule has 0 aromatic heterocycles. The molecule has 0 spiro atoms. The topological polar surface area (TPSA) is 29.5 Å². The van der Waals surface area contributed by atoms with Gasteiger partial charge >= 0.3 is 149 Å². The number of allylic oxidation sites excluding steroid dienone is 1. The minimum absolute atomic E-state index is 0.0297. The predicted octanol–water partition coefficient (Wildman–Crippen LogP) is 3.82. The summed E-state index contributed by atoms with van der Waals surface area (Å²) in [4.78, 5) is 15.2. The average molecular weight is 400 g/mol. The van der Waals surface area contributed by atoms with Crippen LogP contribution in [0, 0.1) is 5.92 Å². The van der Waals surface area contributed by atoms with E-state index in [-0.39, 0.29) is 23.0 Å². The van der Waals surface area contributed by atoms with Gasteiger partial charge in [-0.1, -0.05) is 0 Å². The van der Waals surface area contributed by atoms with Gasteiger partial charge in [0.2, 0.25) is 0 Å². The van der Waals surface area contributed by atoms with Crippen LogP contribution in [0.1, 0.15) is 34.1 Å². The summed E-state index contributed by atoms with van der Waals surface area (Å²) in [6.45, 7) is 18.0. The fourth-order valence-electron chi connectivity index (χ4n) is 2.90. The summed E-state index contributed by atoms with van der Waals surface area (Å²) in [5.41, 5.74) is 1.19. The van der Waals surface area contributed by atoms with Crippen molar-refractivity contribution in [2.24, 2.45) is 5.92 Å². The molecule has 0 aromatic carbocycles. The van der Waals surface area contributed by atoms with Crippen LogP contribution in [0.5, 0.6) is 0 Å². The molecule has 0 saturated carbocycles. The van der Waals surface area contributed by atoms with Crippen molar-refractivity contribution in [2.75, 3.05) is 6.54 Å². The van der Waals surface area contributed by atoms with E-state index in [0.717, 1.165) is 13.0 Å². The minimum atomic E-state index is -1.83. The SMILES string of the molecule is C=C/C1=C/CC[Se][C@@H]2[C@@H]([C@@H](C)O[Si](C)(C)C(C)(C)C)C(=O)N2C1. The van der Waals surface area contributed by atoms with Gasteiger partial charge in [-0.3, -0.25) is 0 Å². The Morgan fingerprint density at radius 1 is 1.48 bits per heavy atom. The molecule has 1 saturated heterocycles. The fraction of sp³-hybridized carbons (Fsp3) is 0.722. The quantitative estimate of drug-likeness (QED) is 0.530. The zero-order valence-electron chi connectivity index (χ0n) is 15.4. The Balaban J connectivity index is 2.09. The summed E-state index contributed by atoms with van der Waals surface area (Å²) in [5.74, 6) is 0.339. The molecule has 2 rings (SSSR count). The van der Waals surface area contributed by atoms with Gasteiger partial charge in [0.15, 0.2) is 0 Å². The van der Waals surface area contributed by atoms with Gasteiger partial charge in [0, 0.05) is 0 Å². The van der Waals surface area contributed by atoms with E-state index in [1.54, 1.807) is 0 Å².